The van der Waals surface area contributed by atoms with Crippen molar-refractivity contribution in [1.82, 2.24) is 0 Å². The largest absolute Gasteiger partial charge is 0.508 e. The van der Waals surface area contributed by atoms with E-state index in [1.165, 1.54) is 6.42 Å². The van der Waals surface area contributed by atoms with Gasteiger partial charge in [0.15, 0.2) is 0 Å². The standard InChI is InChI=1S/C18H26BNO3/c1-17(2)12-9-14(17)18(3)15(10-12)22-19(23-18)16(20)8-11-4-6-13(21)7-5-11/h4-7,12,14-16,21H,8-10,20H2,1-3H3/t12-,14-,15?,16-,18-/m0/s1. The minimum absolute atomic E-state index is 0.176. The Morgan fingerprint density at radius 2 is 1.96 bits per heavy atom. The Morgan fingerprint density at radius 3 is 2.61 bits per heavy atom. The van der Waals surface area contributed by atoms with E-state index in [-0.39, 0.29) is 30.5 Å². The number of phenolic OH excluding ortho intramolecular Hbond substituents is 1. The monoisotopic (exact) mass is 315 g/mol. The van der Waals surface area contributed by atoms with Crippen molar-refractivity contribution in [2.24, 2.45) is 23.0 Å². The van der Waals surface area contributed by atoms with E-state index < -0.39 is 0 Å². The molecule has 4 aliphatic rings. The first-order valence-corrected chi connectivity index (χ1v) is 8.67. The molecule has 0 amide bonds. The van der Waals surface area contributed by atoms with Gasteiger partial charge in [-0.3, -0.25) is 0 Å². The molecule has 0 spiro atoms. The van der Waals surface area contributed by atoms with Gasteiger partial charge in [-0.1, -0.05) is 26.0 Å². The molecule has 3 N–H and O–H groups in total. The summed E-state index contributed by atoms with van der Waals surface area (Å²) < 4.78 is 12.6. The minimum atomic E-state index is -0.339. The summed E-state index contributed by atoms with van der Waals surface area (Å²) in [6.45, 7) is 6.94. The zero-order chi connectivity index (χ0) is 16.4. The predicted octanol–water partition coefficient (Wildman–Crippen LogP) is 2.53. The summed E-state index contributed by atoms with van der Waals surface area (Å²) in [5, 5.41) is 9.38. The number of rotatable bonds is 3. The van der Waals surface area contributed by atoms with Crippen LogP contribution in [0.25, 0.3) is 0 Å². The third-order valence-corrected chi connectivity index (χ3v) is 6.73. The van der Waals surface area contributed by atoms with Crippen LogP contribution in [0.3, 0.4) is 0 Å². The molecule has 1 aromatic carbocycles. The van der Waals surface area contributed by atoms with Gasteiger partial charge in [0.05, 0.1) is 11.7 Å². The summed E-state index contributed by atoms with van der Waals surface area (Å²) in [4.78, 5) is 0. The van der Waals surface area contributed by atoms with E-state index >= 15 is 0 Å². The van der Waals surface area contributed by atoms with Crippen molar-refractivity contribution in [3.63, 3.8) is 0 Å². The topological polar surface area (TPSA) is 64.7 Å². The fourth-order valence-corrected chi connectivity index (χ4v) is 5.08. The van der Waals surface area contributed by atoms with Crippen molar-refractivity contribution in [3.8, 4) is 5.75 Å². The number of nitrogens with two attached hydrogens (primary N) is 1. The molecule has 5 rings (SSSR count). The van der Waals surface area contributed by atoms with Crippen LogP contribution in [0.5, 0.6) is 5.75 Å². The molecule has 3 saturated carbocycles. The third kappa shape index (κ3) is 2.24. The second kappa shape index (κ2) is 4.98. The van der Waals surface area contributed by atoms with Crippen molar-refractivity contribution in [3.05, 3.63) is 29.8 Å². The molecule has 124 valence electrons. The van der Waals surface area contributed by atoms with Crippen LogP contribution in [0.4, 0.5) is 0 Å². The minimum Gasteiger partial charge on any atom is -0.508 e. The molecule has 3 aliphatic carbocycles. The number of hydrogen-bond acceptors (Lipinski definition) is 4. The highest BCUT2D eigenvalue weighted by molar-refractivity contribution is 6.47. The first-order chi connectivity index (χ1) is 10.8. The van der Waals surface area contributed by atoms with Gasteiger partial charge < -0.3 is 20.1 Å². The van der Waals surface area contributed by atoms with E-state index in [2.05, 4.69) is 20.8 Å². The molecule has 4 fully saturated rings. The van der Waals surface area contributed by atoms with E-state index in [4.69, 9.17) is 15.0 Å². The van der Waals surface area contributed by atoms with E-state index in [0.29, 0.717) is 17.8 Å². The average molecular weight is 315 g/mol. The van der Waals surface area contributed by atoms with E-state index in [0.717, 1.165) is 17.9 Å². The summed E-state index contributed by atoms with van der Waals surface area (Å²) in [5.41, 5.74) is 7.62. The Bertz CT molecular complexity index is 605. The maximum absolute atomic E-state index is 9.38. The van der Waals surface area contributed by atoms with Gasteiger partial charge in [-0.2, -0.15) is 0 Å². The van der Waals surface area contributed by atoms with Crippen LogP contribution < -0.4 is 5.73 Å². The van der Waals surface area contributed by atoms with Crippen LogP contribution in [-0.2, 0) is 15.7 Å². The molecule has 1 aromatic rings. The molecule has 5 heteroatoms. The second-order valence-electron chi connectivity index (χ2n) is 8.37. The zero-order valence-corrected chi connectivity index (χ0v) is 14.2. The van der Waals surface area contributed by atoms with Crippen LogP contribution in [0.2, 0.25) is 0 Å². The SMILES string of the molecule is CC1(C)[C@@H]2CC3OB([C@@H](N)Cc4ccc(O)cc4)O[C@@]3(C)[C@H]1C2. The van der Waals surface area contributed by atoms with Gasteiger partial charge in [0.25, 0.3) is 0 Å². The Morgan fingerprint density at radius 1 is 1.26 bits per heavy atom. The van der Waals surface area contributed by atoms with E-state index in [1.807, 2.05) is 12.1 Å². The van der Waals surface area contributed by atoms with Crippen molar-refractivity contribution in [1.29, 1.82) is 0 Å². The lowest BCUT2D eigenvalue weighted by Gasteiger charge is -2.64. The lowest BCUT2D eigenvalue weighted by Crippen LogP contribution is -2.65. The Labute approximate surface area is 138 Å². The van der Waals surface area contributed by atoms with E-state index in [1.54, 1.807) is 12.1 Å². The molecular formula is C18H26BNO3. The number of hydrogen-bond donors (Lipinski definition) is 2. The first kappa shape index (κ1) is 15.5. The van der Waals surface area contributed by atoms with Crippen LogP contribution in [-0.4, -0.2) is 29.9 Å². The molecule has 0 aromatic heterocycles. The van der Waals surface area contributed by atoms with Crippen molar-refractivity contribution in [2.45, 2.75) is 57.7 Å². The number of aromatic hydroxyl groups is 1. The van der Waals surface area contributed by atoms with Gasteiger partial charge >= 0.3 is 7.12 Å². The molecule has 1 saturated heterocycles. The molecule has 5 atom stereocenters. The predicted molar refractivity (Wildman–Crippen MR) is 89.9 cm³/mol. The lowest BCUT2D eigenvalue weighted by atomic mass is 9.43. The summed E-state index contributed by atoms with van der Waals surface area (Å²) in [6.07, 6.45) is 3.20. The molecule has 2 bridgehead atoms. The Hall–Kier alpha value is -1.04. The van der Waals surface area contributed by atoms with Crippen LogP contribution in [0, 0.1) is 17.3 Å². The highest BCUT2D eigenvalue weighted by Crippen LogP contribution is 2.65. The summed E-state index contributed by atoms with van der Waals surface area (Å²) >= 11 is 0. The van der Waals surface area contributed by atoms with Gasteiger partial charge in [0.2, 0.25) is 0 Å². The van der Waals surface area contributed by atoms with Crippen molar-refractivity contribution in [2.75, 3.05) is 0 Å². The fourth-order valence-electron chi connectivity index (χ4n) is 5.08. The second-order valence-corrected chi connectivity index (χ2v) is 8.37. The number of benzene rings is 1. The maximum Gasteiger partial charge on any atom is 0.475 e. The smallest absolute Gasteiger partial charge is 0.475 e. The molecule has 4 nitrogen and oxygen atoms in total. The lowest BCUT2D eigenvalue weighted by molar-refractivity contribution is -0.199. The number of phenols is 1. The summed E-state index contributed by atoms with van der Waals surface area (Å²) in [6, 6.07) is 7.19. The van der Waals surface area contributed by atoms with Crippen LogP contribution >= 0.6 is 0 Å². The summed E-state index contributed by atoms with van der Waals surface area (Å²) in [7, 11) is -0.339. The van der Waals surface area contributed by atoms with Crippen LogP contribution in [0.15, 0.2) is 24.3 Å². The first-order valence-electron chi connectivity index (χ1n) is 8.67. The molecule has 1 unspecified atom stereocenters. The molecule has 1 aliphatic heterocycles. The molecule has 1 heterocycles. The van der Waals surface area contributed by atoms with Crippen LogP contribution in [0.1, 0.15) is 39.2 Å². The van der Waals surface area contributed by atoms with Gasteiger partial charge in [-0.15, -0.1) is 0 Å². The third-order valence-electron chi connectivity index (χ3n) is 6.73. The highest BCUT2D eigenvalue weighted by Gasteiger charge is 2.68. The maximum atomic E-state index is 9.38. The Balaban J connectivity index is 1.47. The van der Waals surface area contributed by atoms with Gasteiger partial charge in [0, 0.05) is 5.94 Å². The van der Waals surface area contributed by atoms with Crippen molar-refractivity contribution >= 4 is 7.12 Å². The van der Waals surface area contributed by atoms with E-state index in [9.17, 15) is 5.11 Å². The molecular weight excluding hydrogens is 289 g/mol. The fraction of sp³-hybridized carbons (Fsp3) is 0.667. The normalized spacial score (nSPS) is 38.8. The Kier molecular flexibility index (Phi) is 3.35. The molecule has 23 heavy (non-hydrogen) atoms. The molecule has 0 radical (unpaired) electrons. The van der Waals surface area contributed by atoms with Gasteiger partial charge in [-0.25, -0.2) is 0 Å². The average Bonchev–Trinajstić information content (AvgIpc) is 2.86. The van der Waals surface area contributed by atoms with Gasteiger partial charge in [0.1, 0.15) is 5.75 Å². The zero-order valence-electron chi connectivity index (χ0n) is 14.2. The van der Waals surface area contributed by atoms with Gasteiger partial charge in [-0.05, 0) is 61.1 Å². The highest BCUT2D eigenvalue weighted by atomic mass is 16.7. The quantitative estimate of drug-likeness (QED) is 0.841. The summed E-state index contributed by atoms with van der Waals surface area (Å²) in [5.74, 6) is 1.39. The van der Waals surface area contributed by atoms with Crippen molar-refractivity contribution < 1.29 is 14.4 Å².